The highest BCUT2D eigenvalue weighted by Gasteiger charge is 2.21. The van der Waals surface area contributed by atoms with E-state index in [1.807, 2.05) is 18.6 Å². The summed E-state index contributed by atoms with van der Waals surface area (Å²) in [5.74, 6) is 1.02. The number of nitrogens with zero attached hydrogens (tertiary/aromatic N) is 1. The van der Waals surface area contributed by atoms with Gasteiger partial charge >= 0.3 is 0 Å². The second-order valence-corrected chi connectivity index (χ2v) is 5.43. The molecule has 0 aromatic rings. The first-order valence-corrected chi connectivity index (χ1v) is 7.98. The van der Waals surface area contributed by atoms with Crippen LogP contribution in [0.3, 0.4) is 0 Å². The van der Waals surface area contributed by atoms with E-state index >= 15 is 0 Å². The van der Waals surface area contributed by atoms with Crippen LogP contribution >= 0.6 is 11.8 Å². The summed E-state index contributed by atoms with van der Waals surface area (Å²) in [5, 5.41) is 7.35. The van der Waals surface area contributed by atoms with Crippen molar-refractivity contribution < 1.29 is 4.74 Å². The molecule has 0 atom stereocenters. The lowest BCUT2D eigenvalue weighted by Gasteiger charge is -2.27. The standard InChI is InChI=1S/C12H20N2O.C2H6S/c1-9(2)7-10(8-13)12(14-3)15-11-5-4-6-11;1-3-2/h7-9,11,13H,4-6H2,1-3H3;1-2H3/b10-7-,13-8?,14-12?;. The predicted octanol–water partition coefficient (Wildman–Crippen LogP) is 3.79. The number of rotatable bonds is 4. The van der Waals surface area contributed by atoms with Gasteiger partial charge in [0.25, 0.3) is 0 Å². The molecule has 0 saturated heterocycles. The van der Waals surface area contributed by atoms with Gasteiger partial charge < -0.3 is 10.1 Å². The van der Waals surface area contributed by atoms with Gasteiger partial charge in [0.05, 0.1) is 5.57 Å². The Balaban J connectivity index is 0.000000873. The van der Waals surface area contributed by atoms with E-state index in [4.69, 9.17) is 10.1 Å². The zero-order valence-electron chi connectivity index (χ0n) is 12.2. The second kappa shape index (κ2) is 10.2. The zero-order valence-corrected chi connectivity index (χ0v) is 13.0. The van der Waals surface area contributed by atoms with E-state index in [1.165, 1.54) is 12.6 Å². The predicted molar refractivity (Wildman–Crippen MR) is 83.2 cm³/mol. The minimum absolute atomic E-state index is 0.319. The van der Waals surface area contributed by atoms with Crippen LogP contribution in [0.15, 0.2) is 16.6 Å². The van der Waals surface area contributed by atoms with Crippen LogP contribution in [0.4, 0.5) is 0 Å². The van der Waals surface area contributed by atoms with Crippen LogP contribution in [0.2, 0.25) is 0 Å². The summed E-state index contributed by atoms with van der Waals surface area (Å²) >= 11 is 1.75. The van der Waals surface area contributed by atoms with Gasteiger partial charge in [-0.05, 0) is 37.7 Å². The van der Waals surface area contributed by atoms with Crippen LogP contribution in [0.1, 0.15) is 33.1 Å². The van der Waals surface area contributed by atoms with Gasteiger partial charge in [-0.3, -0.25) is 4.99 Å². The second-order valence-electron chi connectivity index (χ2n) is 4.62. The lowest BCUT2D eigenvalue weighted by atomic mass is 9.96. The van der Waals surface area contributed by atoms with Crippen LogP contribution in [0.5, 0.6) is 0 Å². The molecule has 1 aliphatic carbocycles. The third kappa shape index (κ3) is 6.84. The summed E-state index contributed by atoms with van der Waals surface area (Å²) in [6.07, 6.45) is 11.2. The third-order valence-electron chi connectivity index (χ3n) is 2.45. The molecule has 0 spiro atoms. The van der Waals surface area contributed by atoms with E-state index in [0.717, 1.165) is 18.4 Å². The zero-order chi connectivity index (χ0) is 14.0. The maximum Gasteiger partial charge on any atom is 0.217 e. The molecule has 1 rings (SSSR count). The number of thioether (sulfide) groups is 1. The van der Waals surface area contributed by atoms with Crippen LogP contribution in [0.25, 0.3) is 0 Å². The summed E-state index contributed by atoms with van der Waals surface area (Å²) < 4.78 is 5.72. The molecule has 0 aliphatic heterocycles. The third-order valence-corrected chi connectivity index (χ3v) is 2.45. The number of hydrogen-bond donors (Lipinski definition) is 1. The molecular formula is C14H26N2OS. The summed E-state index contributed by atoms with van der Waals surface area (Å²) in [4.78, 5) is 4.11. The van der Waals surface area contributed by atoms with Gasteiger partial charge in [-0.2, -0.15) is 11.8 Å². The topological polar surface area (TPSA) is 45.4 Å². The molecule has 0 aromatic heterocycles. The lowest BCUT2D eigenvalue weighted by molar-refractivity contribution is 0.109. The maximum atomic E-state index is 7.35. The summed E-state index contributed by atoms with van der Waals surface area (Å²) in [5.41, 5.74) is 0.791. The van der Waals surface area contributed by atoms with Crippen molar-refractivity contribution in [1.82, 2.24) is 0 Å². The average molecular weight is 270 g/mol. The minimum atomic E-state index is 0.319. The fourth-order valence-electron chi connectivity index (χ4n) is 1.44. The molecule has 1 fully saturated rings. The van der Waals surface area contributed by atoms with Crippen molar-refractivity contribution >= 4 is 23.9 Å². The fraction of sp³-hybridized carbons (Fsp3) is 0.714. The smallest absolute Gasteiger partial charge is 0.217 e. The van der Waals surface area contributed by atoms with Gasteiger partial charge in [-0.25, -0.2) is 0 Å². The summed E-state index contributed by atoms with van der Waals surface area (Å²) in [6.45, 7) is 4.17. The normalized spacial score (nSPS) is 16.8. The van der Waals surface area contributed by atoms with Gasteiger partial charge in [-0.1, -0.05) is 19.9 Å². The number of ether oxygens (including phenoxy) is 1. The number of allylic oxidation sites excluding steroid dienone is 1. The van der Waals surface area contributed by atoms with E-state index in [-0.39, 0.29) is 0 Å². The number of nitrogens with one attached hydrogen (secondary N) is 1. The molecule has 0 heterocycles. The average Bonchev–Trinajstić information content (AvgIpc) is 2.26. The van der Waals surface area contributed by atoms with Gasteiger partial charge in [0, 0.05) is 13.3 Å². The van der Waals surface area contributed by atoms with E-state index in [2.05, 4.69) is 18.8 Å². The van der Waals surface area contributed by atoms with Crippen molar-refractivity contribution in [2.24, 2.45) is 10.9 Å². The molecule has 0 unspecified atom stereocenters. The Morgan fingerprint density at radius 3 is 2.22 bits per heavy atom. The van der Waals surface area contributed by atoms with Gasteiger partial charge in [-0.15, -0.1) is 0 Å². The van der Waals surface area contributed by atoms with Crippen molar-refractivity contribution in [3.8, 4) is 0 Å². The minimum Gasteiger partial charge on any atom is -0.474 e. The Hall–Kier alpha value is -0.770. The van der Waals surface area contributed by atoms with E-state index < -0.39 is 0 Å². The molecule has 0 aromatic carbocycles. The highest BCUT2D eigenvalue weighted by atomic mass is 32.2. The quantitative estimate of drug-likeness (QED) is 0.624. The van der Waals surface area contributed by atoms with Crippen molar-refractivity contribution in [2.75, 3.05) is 19.6 Å². The van der Waals surface area contributed by atoms with E-state index in [9.17, 15) is 0 Å². The van der Waals surface area contributed by atoms with Crippen molar-refractivity contribution in [2.45, 2.75) is 39.2 Å². The molecule has 104 valence electrons. The molecule has 0 radical (unpaired) electrons. The highest BCUT2D eigenvalue weighted by molar-refractivity contribution is 7.97. The first-order chi connectivity index (χ1) is 8.58. The lowest BCUT2D eigenvalue weighted by Crippen LogP contribution is -2.26. The van der Waals surface area contributed by atoms with Crippen molar-refractivity contribution in [3.05, 3.63) is 11.6 Å². The maximum absolute atomic E-state index is 7.35. The summed E-state index contributed by atoms with van der Waals surface area (Å²) in [7, 11) is 1.71. The van der Waals surface area contributed by atoms with Gasteiger partial charge in [0.1, 0.15) is 6.10 Å². The summed E-state index contributed by atoms with van der Waals surface area (Å²) in [6, 6.07) is 0. The van der Waals surface area contributed by atoms with Crippen LogP contribution < -0.4 is 0 Å². The molecule has 18 heavy (non-hydrogen) atoms. The molecule has 1 aliphatic rings. The largest absolute Gasteiger partial charge is 0.474 e. The van der Waals surface area contributed by atoms with Crippen molar-refractivity contribution in [1.29, 1.82) is 5.41 Å². The first-order valence-electron chi connectivity index (χ1n) is 6.35. The van der Waals surface area contributed by atoms with Crippen LogP contribution in [-0.4, -0.2) is 37.8 Å². The van der Waals surface area contributed by atoms with Gasteiger partial charge in [0.15, 0.2) is 0 Å². The molecule has 1 N–H and O–H groups in total. The first kappa shape index (κ1) is 17.2. The fourth-order valence-corrected chi connectivity index (χ4v) is 1.44. The van der Waals surface area contributed by atoms with Crippen molar-refractivity contribution in [3.63, 3.8) is 0 Å². The Morgan fingerprint density at radius 1 is 1.39 bits per heavy atom. The molecule has 4 heteroatoms. The molecule has 0 amide bonds. The Bertz CT molecular complexity index is 294. The van der Waals surface area contributed by atoms with E-state index in [1.54, 1.807) is 18.8 Å². The Labute approximate surface area is 116 Å². The Kier molecular flexibility index (Phi) is 9.74. The molecule has 3 nitrogen and oxygen atoms in total. The SMILES string of the molecule is CN=C(OC1CCC1)/C(C=N)=C\C(C)C.CSC. The van der Waals surface area contributed by atoms with E-state index in [0.29, 0.717) is 17.9 Å². The van der Waals surface area contributed by atoms with Gasteiger partial charge in [0.2, 0.25) is 5.90 Å². The number of aliphatic imine (C=N–C) groups is 1. The van der Waals surface area contributed by atoms with Crippen LogP contribution in [0, 0.1) is 11.3 Å². The van der Waals surface area contributed by atoms with Crippen LogP contribution in [-0.2, 0) is 4.74 Å². The monoisotopic (exact) mass is 270 g/mol. The molecule has 0 bridgehead atoms. The Morgan fingerprint density at radius 2 is 1.94 bits per heavy atom. The highest BCUT2D eigenvalue weighted by Crippen LogP contribution is 2.23. The number of hydrogen-bond acceptors (Lipinski definition) is 4. The molecular weight excluding hydrogens is 244 g/mol. The molecule has 1 saturated carbocycles.